The van der Waals surface area contributed by atoms with Crippen LogP contribution in [0.5, 0.6) is 0 Å². The summed E-state index contributed by atoms with van der Waals surface area (Å²) >= 11 is 13.2. The van der Waals surface area contributed by atoms with Gasteiger partial charge in [0.05, 0.1) is 17.7 Å². The van der Waals surface area contributed by atoms with E-state index in [9.17, 15) is 9.18 Å². The highest BCUT2D eigenvalue weighted by atomic mass is 35.5. The maximum absolute atomic E-state index is 13.4. The number of esters is 1. The van der Waals surface area contributed by atoms with Crippen molar-refractivity contribution < 1.29 is 13.9 Å². The maximum atomic E-state index is 13.4. The molecule has 1 atom stereocenters. The highest BCUT2D eigenvalue weighted by molar-refractivity contribution is 7.80. The molecule has 1 aliphatic carbocycles. The Morgan fingerprint density at radius 3 is 2.78 bits per heavy atom. The van der Waals surface area contributed by atoms with Gasteiger partial charge in [0.1, 0.15) is 10.8 Å². The third-order valence-corrected chi connectivity index (χ3v) is 7.99. The summed E-state index contributed by atoms with van der Waals surface area (Å²) in [5, 5.41) is 4.92. The average Bonchev–Trinajstić information content (AvgIpc) is 3.13. The van der Waals surface area contributed by atoms with Crippen molar-refractivity contribution >= 4 is 51.2 Å². The molecule has 1 aliphatic heterocycles. The molecule has 1 N–H and O–H groups in total. The number of rotatable bonds is 4. The largest absolute Gasteiger partial charge is 0.465 e. The SMILES string of the molecule is COC(=O)c1c(NC(=S)N2CCN(Cc3ccc(F)c(Cl)c3)CC2)sc2c1CCC(C)C2. The predicted molar refractivity (Wildman–Crippen MR) is 131 cm³/mol. The molecule has 2 aliphatic rings. The van der Waals surface area contributed by atoms with Gasteiger partial charge in [0.25, 0.3) is 0 Å². The molecular formula is C23H27ClFN3O2S2. The fraction of sp³-hybridized carbons (Fsp3) is 0.478. The molecule has 2 aromatic rings. The van der Waals surface area contributed by atoms with Crippen LogP contribution in [-0.4, -0.2) is 54.2 Å². The molecule has 1 aromatic carbocycles. The molecule has 1 unspecified atom stereocenters. The third kappa shape index (κ3) is 5.09. The smallest absolute Gasteiger partial charge is 0.341 e. The van der Waals surface area contributed by atoms with Gasteiger partial charge >= 0.3 is 5.97 Å². The number of ether oxygens (including phenoxy) is 1. The monoisotopic (exact) mass is 495 g/mol. The van der Waals surface area contributed by atoms with Crippen molar-refractivity contribution in [1.82, 2.24) is 9.80 Å². The van der Waals surface area contributed by atoms with Crippen LogP contribution in [0.15, 0.2) is 18.2 Å². The zero-order valence-electron chi connectivity index (χ0n) is 18.2. The van der Waals surface area contributed by atoms with Crippen molar-refractivity contribution in [1.29, 1.82) is 0 Å². The molecule has 9 heteroatoms. The Labute approximate surface area is 202 Å². The second-order valence-electron chi connectivity index (χ2n) is 8.49. The van der Waals surface area contributed by atoms with Gasteiger partial charge in [0.2, 0.25) is 0 Å². The van der Waals surface area contributed by atoms with Gasteiger partial charge in [-0.25, -0.2) is 9.18 Å². The van der Waals surface area contributed by atoms with Crippen molar-refractivity contribution in [3.05, 3.63) is 50.6 Å². The van der Waals surface area contributed by atoms with E-state index < -0.39 is 5.82 Å². The molecule has 0 radical (unpaired) electrons. The molecule has 1 fully saturated rings. The Balaban J connectivity index is 1.39. The zero-order valence-corrected chi connectivity index (χ0v) is 20.6. The van der Waals surface area contributed by atoms with E-state index in [0.717, 1.165) is 68.1 Å². The highest BCUT2D eigenvalue weighted by Gasteiger charge is 2.29. The summed E-state index contributed by atoms with van der Waals surface area (Å²) in [6, 6.07) is 4.87. The van der Waals surface area contributed by atoms with Gasteiger partial charge in [0, 0.05) is 37.6 Å². The van der Waals surface area contributed by atoms with E-state index in [1.54, 1.807) is 23.5 Å². The number of benzene rings is 1. The Morgan fingerprint density at radius 2 is 2.09 bits per heavy atom. The van der Waals surface area contributed by atoms with Crippen LogP contribution >= 0.6 is 35.2 Å². The first-order chi connectivity index (χ1) is 15.4. The Hall–Kier alpha value is -1.74. The molecule has 5 nitrogen and oxygen atoms in total. The third-order valence-electron chi connectivity index (χ3n) is 6.17. The molecule has 0 bridgehead atoms. The molecule has 0 amide bonds. The lowest BCUT2D eigenvalue weighted by Crippen LogP contribution is -2.49. The number of fused-ring (bicyclic) bond motifs is 1. The van der Waals surface area contributed by atoms with Gasteiger partial charge in [-0.1, -0.05) is 24.6 Å². The van der Waals surface area contributed by atoms with Crippen LogP contribution in [0.3, 0.4) is 0 Å². The lowest BCUT2D eigenvalue weighted by molar-refractivity contribution is 0.0601. The Bertz CT molecular complexity index is 1020. The lowest BCUT2D eigenvalue weighted by Gasteiger charge is -2.36. The quantitative estimate of drug-likeness (QED) is 0.477. The van der Waals surface area contributed by atoms with Gasteiger partial charge in [-0.05, 0) is 60.7 Å². The number of nitrogens with one attached hydrogen (secondary N) is 1. The number of nitrogens with zero attached hydrogens (tertiary/aromatic N) is 2. The van der Waals surface area contributed by atoms with E-state index in [1.165, 1.54) is 18.1 Å². The summed E-state index contributed by atoms with van der Waals surface area (Å²) in [6.45, 7) is 6.18. The van der Waals surface area contributed by atoms with Crippen LogP contribution in [0.4, 0.5) is 9.39 Å². The van der Waals surface area contributed by atoms with Crippen LogP contribution in [0, 0.1) is 11.7 Å². The van der Waals surface area contributed by atoms with E-state index in [2.05, 4.69) is 22.0 Å². The summed E-state index contributed by atoms with van der Waals surface area (Å²) in [4.78, 5) is 18.2. The molecule has 1 saturated heterocycles. The summed E-state index contributed by atoms with van der Waals surface area (Å²) in [5.74, 6) is -0.0756. The van der Waals surface area contributed by atoms with Crippen LogP contribution in [-0.2, 0) is 24.1 Å². The number of halogens is 2. The summed E-state index contributed by atoms with van der Waals surface area (Å²) < 4.78 is 18.5. The van der Waals surface area contributed by atoms with Crippen molar-refractivity contribution in [2.24, 2.45) is 5.92 Å². The Morgan fingerprint density at radius 1 is 1.34 bits per heavy atom. The van der Waals surface area contributed by atoms with Crippen molar-refractivity contribution in [3.63, 3.8) is 0 Å². The van der Waals surface area contributed by atoms with Crippen LogP contribution < -0.4 is 5.32 Å². The second-order valence-corrected chi connectivity index (χ2v) is 10.4. The Kier molecular flexibility index (Phi) is 7.34. The van der Waals surface area contributed by atoms with E-state index in [4.69, 9.17) is 28.6 Å². The fourth-order valence-corrected chi connectivity index (χ4v) is 6.29. The van der Waals surface area contributed by atoms with E-state index in [-0.39, 0.29) is 11.0 Å². The number of thiocarbonyl (C=S) groups is 1. The average molecular weight is 496 g/mol. The summed E-state index contributed by atoms with van der Waals surface area (Å²) in [6.07, 6.45) is 2.97. The van der Waals surface area contributed by atoms with Gasteiger partial charge in [-0.2, -0.15) is 0 Å². The van der Waals surface area contributed by atoms with Gasteiger partial charge < -0.3 is 15.0 Å². The number of anilines is 1. The number of hydrogen-bond acceptors (Lipinski definition) is 5. The second kappa shape index (κ2) is 10.0. The van der Waals surface area contributed by atoms with Crippen molar-refractivity contribution in [2.75, 3.05) is 38.6 Å². The number of methoxy groups -OCH3 is 1. The van der Waals surface area contributed by atoms with Crippen LogP contribution in [0.1, 0.15) is 39.7 Å². The van der Waals surface area contributed by atoms with Gasteiger partial charge in [-0.15, -0.1) is 11.3 Å². The first kappa shape index (κ1) is 23.4. The normalized spacial score (nSPS) is 18.9. The minimum Gasteiger partial charge on any atom is -0.465 e. The molecular weight excluding hydrogens is 469 g/mol. The number of thiophene rings is 1. The molecule has 0 saturated carbocycles. The maximum Gasteiger partial charge on any atom is 0.341 e. The van der Waals surface area contributed by atoms with Crippen LogP contribution in [0.2, 0.25) is 5.02 Å². The molecule has 172 valence electrons. The minimum atomic E-state index is -0.396. The van der Waals surface area contributed by atoms with E-state index in [0.29, 0.717) is 16.6 Å². The number of carbonyl (C=O) groups is 1. The minimum absolute atomic E-state index is 0.154. The highest BCUT2D eigenvalue weighted by Crippen LogP contribution is 2.40. The first-order valence-corrected chi connectivity index (χ1v) is 12.4. The van der Waals surface area contributed by atoms with Crippen molar-refractivity contribution in [2.45, 2.75) is 32.7 Å². The molecule has 2 heterocycles. The summed E-state index contributed by atoms with van der Waals surface area (Å²) in [5.41, 5.74) is 2.76. The molecule has 32 heavy (non-hydrogen) atoms. The topological polar surface area (TPSA) is 44.8 Å². The number of carbonyl (C=O) groups excluding carboxylic acids is 1. The van der Waals surface area contributed by atoms with Gasteiger partial charge in [0.15, 0.2) is 5.11 Å². The number of piperazine rings is 1. The standard InChI is InChI=1S/C23H27ClFN3O2S2/c1-14-3-5-16-19(11-14)32-21(20(16)22(29)30-2)26-23(31)28-9-7-27(8-10-28)13-15-4-6-18(25)17(24)12-15/h4,6,12,14H,3,5,7-11,13H2,1-2H3,(H,26,31). The summed E-state index contributed by atoms with van der Waals surface area (Å²) in [7, 11) is 1.42. The van der Waals surface area contributed by atoms with Crippen LogP contribution in [0.25, 0.3) is 0 Å². The van der Waals surface area contributed by atoms with E-state index >= 15 is 0 Å². The lowest BCUT2D eigenvalue weighted by atomic mass is 9.88. The first-order valence-electron chi connectivity index (χ1n) is 10.8. The molecule has 4 rings (SSSR count). The van der Waals surface area contributed by atoms with E-state index in [1.807, 2.05) is 0 Å². The van der Waals surface area contributed by atoms with Crippen molar-refractivity contribution in [3.8, 4) is 0 Å². The fourth-order valence-electron chi connectivity index (χ4n) is 4.34. The predicted octanol–water partition coefficient (Wildman–Crippen LogP) is 4.97. The van der Waals surface area contributed by atoms with Gasteiger partial charge in [-0.3, -0.25) is 4.90 Å². The molecule has 1 aromatic heterocycles. The zero-order chi connectivity index (χ0) is 22.8. The molecule has 0 spiro atoms. The number of hydrogen-bond donors (Lipinski definition) is 1.